The van der Waals surface area contributed by atoms with E-state index in [1.54, 1.807) is 13.0 Å². The predicted octanol–water partition coefficient (Wildman–Crippen LogP) is 1.99. The number of epoxide rings is 1. The van der Waals surface area contributed by atoms with Gasteiger partial charge < -0.3 is 14.6 Å². The Bertz CT molecular complexity index is 243. The molecule has 4 nitrogen and oxygen atoms in total. The summed E-state index contributed by atoms with van der Waals surface area (Å²) in [6, 6.07) is 0. The van der Waals surface area contributed by atoms with Gasteiger partial charge >= 0.3 is 5.97 Å². The second-order valence-electron chi connectivity index (χ2n) is 4.07. The molecule has 1 saturated heterocycles. The molecule has 0 aromatic rings. The SMILES string of the molecule is CC(=CCCCCCOCC1CO1)C(=O)O. The van der Waals surface area contributed by atoms with Crippen LogP contribution in [0, 0.1) is 0 Å². The predicted molar refractivity (Wildman–Crippen MR) is 60.4 cm³/mol. The summed E-state index contributed by atoms with van der Waals surface area (Å²) in [6.45, 7) is 3.97. The Kier molecular flexibility index (Phi) is 6.11. The minimum absolute atomic E-state index is 0.348. The number of carboxylic acids is 1. The van der Waals surface area contributed by atoms with Crippen LogP contribution in [-0.2, 0) is 14.3 Å². The second-order valence-corrected chi connectivity index (χ2v) is 4.07. The lowest BCUT2D eigenvalue weighted by atomic mass is 10.1. The zero-order valence-electron chi connectivity index (χ0n) is 9.78. The van der Waals surface area contributed by atoms with Gasteiger partial charge in [0, 0.05) is 12.2 Å². The number of allylic oxidation sites excluding steroid dienone is 1. The molecular weight excluding hydrogens is 208 g/mol. The molecule has 1 unspecified atom stereocenters. The molecule has 1 aliphatic heterocycles. The van der Waals surface area contributed by atoms with Gasteiger partial charge in [-0.05, 0) is 26.2 Å². The minimum Gasteiger partial charge on any atom is -0.478 e. The van der Waals surface area contributed by atoms with Crippen molar-refractivity contribution in [1.82, 2.24) is 0 Å². The molecule has 1 atom stereocenters. The molecule has 4 heteroatoms. The Morgan fingerprint density at radius 3 is 2.88 bits per heavy atom. The zero-order chi connectivity index (χ0) is 11.8. The quantitative estimate of drug-likeness (QED) is 0.372. The average Bonchev–Trinajstić information content (AvgIpc) is 3.05. The molecule has 0 aromatic carbocycles. The lowest BCUT2D eigenvalue weighted by Gasteiger charge is -2.01. The number of ether oxygens (including phenoxy) is 2. The molecule has 1 N–H and O–H groups in total. The molecule has 0 amide bonds. The zero-order valence-corrected chi connectivity index (χ0v) is 9.78. The Labute approximate surface area is 96.2 Å². The van der Waals surface area contributed by atoms with Gasteiger partial charge in [-0.25, -0.2) is 4.79 Å². The van der Waals surface area contributed by atoms with Crippen molar-refractivity contribution in [3.63, 3.8) is 0 Å². The topological polar surface area (TPSA) is 59.1 Å². The van der Waals surface area contributed by atoms with Crippen molar-refractivity contribution in [3.05, 3.63) is 11.6 Å². The maximum Gasteiger partial charge on any atom is 0.330 e. The second kappa shape index (κ2) is 7.41. The van der Waals surface area contributed by atoms with Crippen LogP contribution < -0.4 is 0 Å². The molecule has 16 heavy (non-hydrogen) atoms. The highest BCUT2D eigenvalue weighted by Crippen LogP contribution is 2.09. The van der Waals surface area contributed by atoms with E-state index in [0.29, 0.717) is 11.7 Å². The lowest BCUT2D eigenvalue weighted by Crippen LogP contribution is -2.02. The van der Waals surface area contributed by atoms with Crippen LogP contribution in [0.5, 0.6) is 0 Å². The van der Waals surface area contributed by atoms with Crippen LogP contribution in [0.2, 0.25) is 0 Å². The Morgan fingerprint density at radius 1 is 1.50 bits per heavy atom. The smallest absolute Gasteiger partial charge is 0.330 e. The summed E-state index contributed by atoms with van der Waals surface area (Å²) in [5.74, 6) is -0.826. The third kappa shape index (κ3) is 6.58. The highest BCUT2D eigenvalue weighted by molar-refractivity contribution is 5.85. The molecule has 1 fully saturated rings. The van der Waals surface area contributed by atoms with E-state index in [0.717, 1.165) is 45.5 Å². The summed E-state index contributed by atoms with van der Waals surface area (Å²) < 4.78 is 10.4. The summed E-state index contributed by atoms with van der Waals surface area (Å²) >= 11 is 0. The normalized spacial score (nSPS) is 19.8. The van der Waals surface area contributed by atoms with E-state index in [-0.39, 0.29) is 0 Å². The third-order valence-electron chi connectivity index (χ3n) is 2.49. The number of aliphatic carboxylic acids is 1. The van der Waals surface area contributed by atoms with Crippen LogP contribution in [0.3, 0.4) is 0 Å². The highest BCUT2D eigenvalue weighted by atomic mass is 16.6. The van der Waals surface area contributed by atoms with Crippen molar-refractivity contribution in [1.29, 1.82) is 0 Å². The number of carbonyl (C=O) groups is 1. The maximum absolute atomic E-state index is 10.5. The van der Waals surface area contributed by atoms with Gasteiger partial charge in [-0.1, -0.05) is 12.5 Å². The van der Waals surface area contributed by atoms with E-state index in [1.807, 2.05) is 0 Å². The Balaban J connectivity index is 1.83. The molecule has 92 valence electrons. The van der Waals surface area contributed by atoms with Gasteiger partial charge in [0.2, 0.25) is 0 Å². The molecule has 0 spiro atoms. The van der Waals surface area contributed by atoms with Gasteiger partial charge in [-0.15, -0.1) is 0 Å². The lowest BCUT2D eigenvalue weighted by molar-refractivity contribution is -0.132. The van der Waals surface area contributed by atoms with Crippen LogP contribution in [0.15, 0.2) is 11.6 Å². The summed E-state index contributed by atoms with van der Waals surface area (Å²) in [5.41, 5.74) is 0.433. The van der Waals surface area contributed by atoms with E-state index >= 15 is 0 Å². The van der Waals surface area contributed by atoms with E-state index in [1.165, 1.54) is 0 Å². The fraction of sp³-hybridized carbons (Fsp3) is 0.750. The molecule has 1 heterocycles. The fourth-order valence-electron chi connectivity index (χ4n) is 1.31. The van der Waals surface area contributed by atoms with Gasteiger partial charge in [0.1, 0.15) is 6.10 Å². The number of carboxylic acid groups (broad SMARTS) is 1. The van der Waals surface area contributed by atoms with Crippen LogP contribution in [0.1, 0.15) is 32.6 Å². The molecule has 0 aliphatic carbocycles. The van der Waals surface area contributed by atoms with Gasteiger partial charge in [-0.2, -0.15) is 0 Å². The summed E-state index contributed by atoms with van der Waals surface area (Å²) in [5, 5.41) is 8.61. The molecule has 0 radical (unpaired) electrons. The average molecular weight is 228 g/mol. The molecule has 0 saturated carbocycles. The highest BCUT2D eigenvalue weighted by Gasteiger charge is 2.21. The van der Waals surface area contributed by atoms with Crippen molar-refractivity contribution >= 4 is 5.97 Å². The first-order valence-electron chi connectivity index (χ1n) is 5.79. The summed E-state index contributed by atoms with van der Waals surface area (Å²) in [7, 11) is 0. The van der Waals surface area contributed by atoms with Crippen molar-refractivity contribution in [2.24, 2.45) is 0 Å². The number of hydrogen-bond acceptors (Lipinski definition) is 3. The van der Waals surface area contributed by atoms with E-state index in [9.17, 15) is 4.79 Å². The first-order chi connectivity index (χ1) is 7.70. The molecule has 1 rings (SSSR count). The van der Waals surface area contributed by atoms with Gasteiger partial charge in [0.05, 0.1) is 13.2 Å². The fourth-order valence-corrected chi connectivity index (χ4v) is 1.31. The molecule has 0 bridgehead atoms. The van der Waals surface area contributed by atoms with Crippen molar-refractivity contribution in [2.75, 3.05) is 19.8 Å². The first kappa shape index (κ1) is 13.2. The van der Waals surface area contributed by atoms with Crippen molar-refractivity contribution in [2.45, 2.75) is 38.7 Å². The summed E-state index contributed by atoms with van der Waals surface area (Å²) in [4.78, 5) is 10.5. The molecule has 0 aromatic heterocycles. The number of rotatable bonds is 9. The van der Waals surface area contributed by atoms with Crippen LogP contribution in [0.4, 0.5) is 0 Å². The van der Waals surface area contributed by atoms with E-state index in [4.69, 9.17) is 14.6 Å². The van der Waals surface area contributed by atoms with Crippen molar-refractivity contribution < 1.29 is 19.4 Å². The Morgan fingerprint density at radius 2 is 2.25 bits per heavy atom. The summed E-state index contributed by atoms with van der Waals surface area (Å²) in [6.07, 6.45) is 6.10. The third-order valence-corrected chi connectivity index (χ3v) is 2.49. The van der Waals surface area contributed by atoms with E-state index in [2.05, 4.69) is 0 Å². The van der Waals surface area contributed by atoms with Crippen LogP contribution in [-0.4, -0.2) is 37.0 Å². The van der Waals surface area contributed by atoms with Crippen LogP contribution in [0.25, 0.3) is 0 Å². The first-order valence-corrected chi connectivity index (χ1v) is 5.79. The largest absolute Gasteiger partial charge is 0.478 e. The van der Waals surface area contributed by atoms with E-state index < -0.39 is 5.97 Å². The minimum atomic E-state index is -0.826. The van der Waals surface area contributed by atoms with Crippen molar-refractivity contribution in [3.8, 4) is 0 Å². The standard InChI is InChI=1S/C12H20O4/c1-10(12(13)14)6-4-2-3-5-7-15-8-11-9-16-11/h6,11H,2-5,7-9H2,1H3,(H,13,14). The number of hydrogen-bond donors (Lipinski definition) is 1. The van der Waals surface area contributed by atoms with Gasteiger partial charge in [0.25, 0.3) is 0 Å². The monoisotopic (exact) mass is 228 g/mol. The molecular formula is C12H20O4. The van der Waals surface area contributed by atoms with Gasteiger partial charge in [-0.3, -0.25) is 0 Å². The number of unbranched alkanes of at least 4 members (excludes halogenated alkanes) is 3. The molecule has 1 aliphatic rings. The van der Waals surface area contributed by atoms with Gasteiger partial charge in [0.15, 0.2) is 0 Å². The van der Waals surface area contributed by atoms with Crippen LogP contribution >= 0.6 is 0 Å². The maximum atomic E-state index is 10.5. The Hall–Kier alpha value is -0.870.